The van der Waals surface area contributed by atoms with E-state index in [0.29, 0.717) is 5.92 Å². The highest BCUT2D eigenvalue weighted by Crippen LogP contribution is 2.07. The third-order valence-corrected chi connectivity index (χ3v) is 1.92. The van der Waals surface area contributed by atoms with Gasteiger partial charge in [-0.3, -0.25) is 4.79 Å². The van der Waals surface area contributed by atoms with Crippen LogP contribution < -0.4 is 5.73 Å². The van der Waals surface area contributed by atoms with Crippen LogP contribution in [0.2, 0.25) is 0 Å². The predicted molar refractivity (Wildman–Crippen MR) is 60.7 cm³/mol. The number of amides is 1. The zero-order valence-corrected chi connectivity index (χ0v) is 9.16. The summed E-state index contributed by atoms with van der Waals surface area (Å²) < 4.78 is 0. The molecule has 1 amide bonds. The van der Waals surface area contributed by atoms with E-state index in [0.717, 1.165) is 6.42 Å². The number of rotatable bonds is 5. The lowest BCUT2D eigenvalue weighted by Gasteiger charge is -2.00. The van der Waals surface area contributed by atoms with Crippen LogP contribution in [0.5, 0.6) is 0 Å². The van der Waals surface area contributed by atoms with Gasteiger partial charge >= 0.3 is 0 Å². The average Bonchev–Trinajstić information content (AvgIpc) is 2.12. The molecule has 0 saturated heterocycles. The van der Waals surface area contributed by atoms with Gasteiger partial charge in [0.2, 0.25) is 5.91 Å². The van der Waals surface area contributed by atoms with Crippen molar-refractivity contribution in [3.8, 4) is 0 Å². The molecule has 78 valence electrons. The molecule has 0 aromatic heterocycles. The predicted octanol–water partition coefficient (Wildman–Crippen LogP) is 2.58. The number of allylic oxidation sites excluding steroid dienone is 5. The Morgan fingerprint density at radius 2 is 1.93 bits per heavy atom. The Morgan fingerprint density at radius 3 is 2.43 bits per heavy atom. The van der Waals surface area contributed by atoms with Crippen LogP contribution in [0.25, 0.3) is 0 Å². The van der Waals surface area contributed by atoms with Crippen molar-refractivity contribution < 1.29 is 4.79 Å². The maximum atomic E-state index is 10.4. The van der Waals surface area contributed by atoms with Crippen LogP contribution in [0.1, 0.15) is 27.2 Å². The van der Waals surface area contributed by atoms with E-state index in [1.807, 2.05) is 19.1 Å². The molecule has 14 heavy (non-hydrogen) atoms. The van der Waals surface area contributed by atoms with E-state index in [9.17, 15) is 4.79 Å². The molecule has 0 aliphatic heterocycles. The topological polar surface area (TPSA) is 43.1 Å². The van der Waals surface area contributed by atoms with E-state index < -0.39 is 5.91 Å². The van der Waals surface area contributed by atoms with Crippen molar-refractivity contribution in [3.63, 3.8) is 0 Å². The van der Waals surface area contributed by atoms with Crippen LogP contribution in [-0.4, -0.2) is 5.91 Å². The van der Waals surface area contributed by atoms with Crippen molar-refractivity contribution in [1.82, 2.24) is 0 Å². The second-order valence-electron chi connectivity index (χ2n) is 3.42. The van der Waals surface area contributed by atoms with Gasteiger partial charge in [0.1, 0.15) is 0 Å². The van der Waals surface area contributed by atoms with E-state index in [1.54, 1.807) is 6.08 Å². The fourth-order valence-corrected chi connectivity index (χ4v) is 0.980. The summed E-state index contributed by atoms with van der Waals surface area (Å²) >= 11 is 0. The molecule has 0 aliphatic rings. The fraction of sp³-hybridized carbons (Fsp3) is 0.417. The first-order chi connectivity index (χ1) is 6.56. The number of hydrogen-bond donors (Lipinski definition) is 1. The first kappa shape index (κ1) is 12.7. The van der Waals surface area contributed by atoms with Crippen molar-refractivity contribution in [2.24, 2.45) is 11.7 Å². The minimum Gasteiger partial charge on any atom is -0.366 e. The highest BCUT2D eigenvalue weighted by atomic mass is 16.1. The summed E-state index contributed by atoms with van der Waals surface area (Å²) in [5, 5.41) is 0. The van der Waals surface area contributed by atoms with Gasteiger partial charge in [0.05, 0.1) is 0 Å². The Morgan fingerprint density at radius 1 is 1.36 bits per heavy atom. The monoisotopic (exact) mass is 193 g/mol. The van der Waals surface area contributed by atoms with E-state index in [1.165, 1.54) is 11.6 Å². The Hall–Kier alpha value is -1.31. The Balaban J connectivity index is 4.11. The van der Waals surface area contributed by atoms with Crippen LogP contribution >= 0.6 is 0 Å². The van der Waals surface area contributed by atoms with Crippen molar-refractivity contribution >= 4 is 5.91 Å². The van der Waals surface area contributed by atoms with Gasteiger partial charge in [0.15, 0.2) is 0 Å². The molecule has 2 heteroatoms. The van der Waals surface area contributed by atoms with Gasteiger partial charge in [-0.2, -0.15) is 0 Å². The lowest BCUT2D eigenvalue weighted by atomic mass is 10.1. The van der Waals surface area contributed by atoms with Crippen molar-refractivity contribution in [2.75, 3.05) is 0 Å². The largest absolute Gasteiger partial charge is 0.366 e. The lowest BCUT2D eigenvalue weighted by Crippen LogP contribution is -2.04. The second-order valence-corrected chi connectivity index (χ2v) is 3.42. The fourth-order valence-electron chi connectivity index (χ4n) is 0.980. The molecule has 1 atom stereocenters. The summed E-state index contributed by atoms with van der Waals surface area (Å²) in [5.74, 6) is 0.179. The van der Waals surface area contributed by atoms with Gasteiger partial charge in [0, 0.05) is 6.08 Å². The lowest BCUT2D eigenvalue weighted by molar-refractivity contribution is -0.113. The molecular formula is C12H19NO. The van der Waals surface area contributed by atoms with Crippen LogP contribution in [0, 0.1) is 5.92 Å². The van der Waals surface area contributed by atoms with Crippen molar-refractivity contribution in [2.45, 2.75) is 27.2 Å². The molecular weight excluding hydrogens is 174 g/mol. The number of hydrogen-bond acceptors (Lipinski definition) is 1. The van der Waals surface area contributed by atoms with E-state index in [4.69, 9.17) is 5.73 Å². The van der Waals surface area contributed by atoms with Crippen LogP contribution in [0.3, 0.4) is 0 Å². The second kappa shape index (κ2) is 7.13. The highest BCUT2D eigenvalue weighted by Gasteiger charge is 1.91. The molecule has 0 fully saturated rings. The summed E-state index contributed by atoms with van der Waals surface area (Å²) in [6.07, 6.45) is 10.1. The quantitative estimate of drug-likeness (QED) is 0.529. The molecule has 0 radical (unpaired) electrons. The zero-order valence-electron chi connectivity index (χ0n) is 9.16. The summed E-state index contributed by atoms with van der Waals surface area (Å²) in [5.41, 5.74) is 6.14. The van der Waals surface area contributed by atoms with Gasteiger partial charge in [0.25, 0.3) is 0 Å². The van der Waals surface area contributed by atoms with Crippen molar-refractivity contribution in [1.29, 1.82) is 0 Å². The third kappa shape index (κ3) is 7.35. The maximum absolute atomic E-state index is 10.4. The zero-order chi connectivity index (χ0) is 11.0. The minimum atomic E-state index is -0.418. The molecule has 2 N–H and O–H groups in total. The molecule has 0 spiro atoms. The molecule has 0 bridgehead atoms. The Kier molecular flexibility index (Phi) is 6.46. The van der Waals surface area contributed by atoms with Gasteiger partial charge in [-0.05, 0) is 12.8 Å². The number of nitrogens with two attached hydrogens (primary N) is 1. The molecule has 1 unspecified atom stereocenters. The van der Waals surface area contributed by atoms with Gasteiger partial charge in [-0.1, -0.05) is 50.1 Å². The third-order valence-electron chi connectivity index (χ3n) is 1.92. The Labute approximate surface area is 86.2 Å². The van der Waals surface area contributed by atoms with E-state index >= 15 is 0 Å². The molecule has 2 nitrogen and oxygen atoms in total. The summed E-state index contributed by atoms with van der Waals surface area (Å²) in [7, 11) is 0. The Bertz CT molecular complexity index is 261. The normalized spacial score (nSPS) is 15.2. The van der Waals surface area contributed by atoms with E-state index in [2.05, 4.69) is 19.9 Å². The number of carbonyl (C=O) groups is 1. The average molecular weight is 193 g/mol. The SMILES string of the molecule is CCC(C)C=C(C)C=CC=CC(N)=O. The van der Waals surface area contributed by atoms with Gasteiger partial charge in [-0.15, -0.1) is 0 Å². The van der Waals surface area contributed by atoms with E-state index in [-0.39, 0.29) is 0 Å². The smallest absolute Gasteiger partial charge is 0.241 e. The van der Waals surface area contributed by atoms with Crippen LogP contribution in [0.4, 0.5) is 0 Å². The first-order valence-electron chi connectivity index (χ1n) is 4.88. The molecule has 0 saturated carbocycles. The molecule has 0 heterocycles. The first-order valence-corrected chi connectivity index (χ1v) is 4.88. The summed E-state index contributed by atoms with van der Waals surface area (Å²) in [6.45, 7) is 6.38. The van der Waals surface area contributed by atoms with Crippen LogP contribution in [-0.2, 0) is 4.79 Å². The molecule has 0 aromatic rings. The summed E-state index contributed by atoms with van der Waals surface area (Å²) in [4.78, 5) is 10.4. The highest BCUT2D eigenvalue weighted by molar-refractivity contribution is 5.85. The van der Waals surface area contributed by atoms with Gasteiger partial charge in [-0.25, -0.2) is 0 Å². The number of primary amides is 1. The maximum Gasteiger partial charge on any atom is 0.241 e. The molecule has 0 aliphatic carbocycles. The molecule has 0 aromatic carbocycles. The van der Waals surface area contributed by atoms with Crippen LogP contribution in [0.15, 0.2) is 36.0 Å². The van der Waals surface area contributed by atoms with Gasteiger partial charge < -0.3 is 5.73 Å². The molecule has 0 rings (SSSR count). The minimum absolute atomic E-state index is 0.418. The van der Waals surface area contributed by atoms with Crippen molar-refractivity contribution in [3.05, 3.63) is 36.0 Å². The summed E-state index contributed by atoms with van der Waals surface area (Å²) in [6, 6.07) is 0. The standard InChI is InChI=1S/C12H19NO/c1-4-10(2)9-11(3)7-5-6-8-12(13)14/h5-10H,4H2,1-3H3,(H2,13,14). The number of carbonyl (C=O) groups excluding carboxylic acids is 1.